The van der Waals surface area contributed by atoms with Crippen molar-refractivity contribution < 1.29 is 14.0 Å². The Kier molecular flexibility index (Phi) is 5.99. The van der Waals surface area contributed by atoms with Gasteiger partial charge in [0.1, 0.15) is 17.5 Å². The predicted molar refractivity (Wildman–Crippen MR) is 112 cm³/mol. The largest absolute Gasteiger partial charge is 0.384 e. The lowest BCUT2D eigenvalue weighted by molar-refractivity contribution is 0.102. The number of nitrogens with two attached hydrogens (primary N) is 1. The zero-order chi connectivity index (χ0) is 21.0. The van der Waals surface area contributed by atoms with Crippen LogP contribution in [0.25, 0.3) is 0 Å². The summed E-state index contributed by atoms with van der Waals surface area (Å²) in [5.74, 6) is -2.01. The number of amides is 2. The van der Waals surface area contributed by atoms with Crippen molar-refractivity contribution in [1.82, 2.24) is 4.98 Å². The van der Waals surface area contributed by atoms with Crippen LogP contribution in [0.15, 0.2) is 65.3 Å². The van der Waals surface area contributed by atoms with Crippen LogP contribution in [-0.4, -0.2) is 22.6 Å². The van der Waals surface area contributed by atoms with E-state index in [0.717, 1.165) is 10.5 Å². The van der Waals surface area contributed by atoms with Gasteiger partial charge in [0.2, 0.25) is 0 Å². The molecule has 146 valence electrons. The van der Waals surface area contributed by atoms with E-state index in [1.54, 1.807) is 24.3 Å². The van der Waals surface area contributed by atoms with Gasteiger partial charge >= 0.3 is 0 Å². The Balaban J connectivity index is 1.81. The zero-order valence-electron chi connectivity index (χ0n) is 14.9. The fourth-order valence-electron chi connectivity index (χ4n) is 2.48. The molecule has 0 unspecified atom stereocenters. The third-order valence-electron chi connectivity index (χ3n) is 3.91. The van der Waals surface area contributed by atoms with Crippen molar-refractivity contribution in [1.29, 1.82) is 5.41 Å². The highest BCUT2D eigenvalue weighted by Crippen LogP contribution is 2.20. The Hall–Kier alpha value is -3.59. The molecular weight excluding hydrogens is 441 g/mol. The van der Waals surface area contributed by atoms with Gasteiger partial charge in [-0.2, -0.15) is 0 Å². The second-order valence-corrected chi connectivity index (χ2v) is 6.84. The van der Waals surface area contributed by atoms with Crippen LogP contribution >= 0.6 is 15.9 Å². The van der Waals surface area contributed by atoms with E-state index < -0.39 is 17.6 Å². The second kappa shape index (κ2) is 8.61. The number of rotatable bonds is 5. The third kappa shape index (κ3) is 4.82. The fraction of sp³-hybridized carbons (Fsp3) is 0. The molecule has 0 aliphatic heterocycles. The van der Waals surface area contributed by atoms with Gasteiger partial charge < -0.3 is 16.4 Å². The summed E-state index contributed by atoms with van der Waals surface area (Å²) in [4.78, 5) is 29.2. The summed E-state index contributed by atoms with van der Waals surface area (Å²) in [6.07, 6.45) is 1.54. The minimum absolute atomic E-state index is 0.167. The van der Waals surface area contributed by atoms with Crippen LogP contribution in [0.4, 0.5) is 15.9 Å². The molecule has 3 aromatic rings. The fourth-order valence-corrected chi connectivity index (χ4v) is 2.71. The predicted octanol–water partition coefficient (Wildman–Crippen LogP) is 3.77. The first-order valence-corrected chi connectivity index (χ1v) is 9.11. The Morgan fingerprint density at radius 2 is 1.72 bits per heavy atom. The molecule has 29 heavy (non-hydrogen) atoms. The van der Waals surface area contributed by atoms with Gasteiger partial charge in [0.25, 0.3) is 11.8 Å². The maximum atomic E-state index is 14.2. The van der Waals surface area contributed by atoms with Gasteiger partial charge in [-0.25, -0.2) is 9.37 Å². The van der Waals surface area contributed by atoms with Crippen LogP contribution in [0, 0.1) is 11.2 Å². The molecule has 0 aliphatic rings. The molecule has 0 fully saturated rings. The van der Waals surface area contributed by atoms with Gasteiger partial charge in [0.05, 0.1) is 16.8 Å². The lowest BCUT2D eigenvalue weighted by Gasteiger charge is -2.12. The number of hydrogen-bond acceptors (Lipinski definition) is 4. The average molecular weight is 456 g/mol. The molecule has 5 N–H and O–H groups in total. The first kappa shape index (κ1) is 20.2. The molecule has 0 spiro atoms. The highest BCUT2D eigenvalue weighted by molar-refractivity contribution is 9.10. The maximum Gasteiger partial charge on any atom is 0.258 e. The molecule has 1 heterocycles. The lowest BCUT2D eigenvalue weighted by atomic mass is 10.1. The van der Waals surface area contributed by atoms with Crippen molar-refractivity contribution in [3.05, 3.63) is 87.8 Å². The molecule has 9 heteroatoms. The number of nitrogens with zero attached hydrogens (tertiary/aromatic N) is 1. The number of nitrogen functional groups attached to an aromatic ring is 1. The average Bonchev–Trinajstić information content (AvgIpc) is 2.69. The Morgan fingerprint density at radius 3 is 2.38 bits per heavy atom. The Bertz CT molecular complexity index is 1100. The molecule has 7 nitrogen and oxygen atoms in total. The van der Waals surface area contributed by atoms with Crippen LogP contribution in [0.3, 0.4) is 0 Å². The van der Waals surface area contributed by atoms with E-state index in [0.29, 0.717) is 5.82 Å². The first-order chi connectivity index (χ1) is 13.8. The molecule has 0 saturated carbocycles. The monoisotopic (exact) mass is 455 g/mol. The quantitative estimate of drug-likeness (QED) is 0.345. The number of carbonyl (C=O) groups excluding carboxylic acids is 2. The molecular formula is C20H15BrFN5O2. The van der Waals surface area contributed by atoms with Crippen molar-refractivity contribution in [3.63, 3.8) is 0 Å². The van der Waals surface area contributed by atoms with Crippen molar-refractivity contribution in [2.75, 3.05) is 10.6 Å². The number of pyridine rings is 1. The normalized spacial score (nSPS) is 10.3. The van der Waals surface area contributed by atoms with Crippen LogP contribution < -0.4 is 16.4 Å². The standard InChI is InChI=1S/C20H15BrFN5O2/c21-12-6-8-17(25-10-12)27-20(29)14-3-1-2-4-16(14)26-19(28)13-7-5-11(18(23)24)9-15(13)22/h1-10H,(H3,23,24)(H,26,28)(H,25,27,29). The van der Waals surface area contributed by atoms with Gasteiger partial charge in [-0.15, -0.1) is 0 Å². The second-order valence-electron chi connectivity index (χ2n) is 5.92. The highest BCUT2D eigenvalue weighted by Gasteiger charge is 2.17. The summed E-state index contributed by atoms with van der Waals surface area (Å²) in [6, 6.07) is 13.3. The first-order valence-electron chi connectivity index (χ1n) is 8.32. The number of anilines is 2. The number of para-hydroxylation sites is 1. The van der Waals surface area contributed by atoms with Crippen LogP contribution in [0.1, 0.15) is 26.3 Å². The van der Waals surface area contributed by atoms with Crippen molar-refractivity contribution >= 4 is 45.1 Å². The van der Waals surface area contributed by atoms with Crippen LogP contribution in [-0.2, 0) is 0 Å². The highest BCUT2D eigenvalue weighted by atomic mass is 79.9. The minimum Gasteiger partial charge on any atom is -0.384 e. The molecule has 0 saturated heterocycles. The van der Waals surface area contributed by atoms with Crippen molar-refractivity contribution in [2.24, 2.45) is 5.73 Å². The van der Waals surface area contributed by atoms with Gasteiger partial charge in [-0.05, 0) is 52.3 Å². The summed E-state index contributed by atoms with van der Waals surface area (Å²) in [6.45, 7) is 0. The molecule has 1 aromatic heterocycles. The van der Waals surface area contributed by atoms with E-state index >= 15 is 0 Å². The number of hydrogen-bond donors (Lipinski definition) is 4. The van der Waals surface area contributed by atoms with E-state index in [-0.39, 0.29) is 28.2 Å². The molecule has 0 radical (unpaired) electrons. The number of amidine groups is 1. The Labute approximate surface area is 173 Å². The van der Waals surface area contributed by atoms with E-state index in [1.807, 2.05) is 0 Å². The third-order valence-corrected chi connectivity index (χ3v) is 4.38. The minimum atomic E-state index is -0.823. The SMILES string of the molecule is N=C(N)c1ccc(C(=O)Nc2ccccc2C(=O)Nc2ccc(Br)cn2)c(F)c1. The van der Waals surface area contributed by atoms with Crippen LogP contribution in [0.5, 0.6) is 0 Å². The topological polar surface area (TPSA) is 121 Å². The lowest BCUT2D eigenvalue weighted by Crippen LogP contribution is -2.20. The number of benzene rings is 2. The molecule has 3 rings (SSSR count). The maximum absolute atomic E-state index is 14.2. The smallest absolute Gasteiger partial charge is 0.258 e. The molecule has 2 aromatic carbocycles. The summed E-state index contributed by atoms with van der Waals surface area (Å²) in [7, 11) is 0. The van der Waals surface area contributed by atoms with Crippen molar-refractivity contribution in [2.45, 2.75) is 0 Å². The summed E-state index contributed by atoms with van der Waals surface area (Å²) < 4.78 is 15.0. The molecule has 2 amide bonds. The summed E-state index contributed by atoms with van der Waals surface area (Å²) >= 11 is 3.26. The number of carbonyl (C=O) groups is 2. The van der Waals surface area contributed by atoms with E-state index in [9.17, 15) is 14.0 Å². The van der Waals surface area contributed by atoms with Gasteiger partial charge in [0.15, 0.2) is 0 Å². The van der Waals surface area contributed by atoms with E-state index in [4.69, 9.17) is 11.1 Å². The van der Waals surface area contributed by atoms with Crippen LogP contribution in [0.2, 0.25) is 0 Å². The van der Waals surface area contributed by atoms with Gasteiger partial charge in [-0.1, -0.05) is 18.2 Å². The zero-order valence-corrected chi connectivity index (χ0v) is 16.5. The van der Waals surface area contributed by atoms with E-state index in [2.05, 4.69) is 31.5 Å². The molecule has 0 bridgehead atoms. The number of aromatic nitrogens is 1. The Morgan fingerprint density at radius 1 is 1.00 bits per heavy atom. The van der Waals surface area contributed by atoms with Gasteiger partial charge in [-0.3, -0.25) is 15.0 Å². The van der Waals surface area contributed by atoms with Crippen molar-refractivity contribution in [3.8, 4) is 0 Å². The van der Waals surface area contributed by atoms with E-state index in [1.165, 1.54) is 30.5 Å². The molecule has 0 atom stereocenters. The summed E-state index contributed by atoms with van der Waals surface area (Å²) in [5, 5.41) is 12.5. The molecule has 0 aliphatic carbocycles. The summed E-state index contributed by atoms with van der Waals surface area (Å²) in [5.41, 5.74) is 5.65. The van der Waals surface area contributed by atoms with Gasteiger partial charge in [0, 0.05) is 16.2 Å². The number of nitrogens with one attached hydrogen (secondary N) is 3. The number of halogens is 2.